The number of halogens is 3. The zero-order valence-electron chi connectivity index (χ0n) is 14.3. The number of benzene rings is 1. The number of nitrogens with zero attached hydrogens (tertiary/aromatic N) is 4. The molecule has 0 amide bonds. The minimum absolute atomic E-state index is 0.490. The van der Waals surface area contributed by atoms with Gasteiger partial charge in [-0.15, -0.1) is 20.4 Å². The number of alkyl halides is 3. The Hall–Kier alpha value is -2.86. The number of aryl methyl sites for hydroxylation is 1. The number of hydrogen-bond acceptors (Lipinski definition) is 8. The molecule has 0 saturated carbocycles. The van der Waals surface area contributed by atoms with E-state index >= 15 is 0 Å². The van der Waals surface area contributed by atoms with E-state index in [0.717, 1.165) is 11.3 Å². The molecule has 27 heavy (non-hydrogen) atoms. The largest absolute Gasteiger partial charge is 0.491 e. The topological polar surface area (TPSA) is 133 Å². The van der Waals surface area contributed by atoms with Crippen molar-refractivity contribution in [1.82, 2.24) is 20.4 Å². The van der Waals surface area contributed by atoms with Gasteiger partial charge in [-0.05, 0) is 31.2 Å². The number of carbonyl (C=O) groups is 1. The van der Waals surface area contributed by atoms with Crippen LogP contribution in [0.4, 0.5) is 13.2 Å². The molecule has 2 aromatic rings. The highest BCUT2D eigenvalue weighted by molar-refractivity contribution is 5.73. The lowest BCUT2D eigenvalue weighted by Crippen LogP contribution is -2.21. The molecule has 0 bridgehead atoms. The second-order valence-corrected chi connectivity index (χ2v) is 4.85. The summed E-state index contributed by atoms with van der Waals surface area (Å²) in [5.41, 5.74) is 6.16. The van der Waals surface area contributed by atoms with Crippen molar-refractivity contribution in [3.8, 4) is 17.1 Å². The monoisotopic (exact) mass is 389 g/mol. The van der Waals surface area contributed by atoms with E-state index in [1.807, 2.05) is 24.3 Å². The van der Waals surface area contributed by atoms with Gasteiger partial charge in [0.2, 0.25) is 5.82 Å². The van der Waals surface area contributed by atoms with Crippen LogP contribution in [0.5, 0.6) is 5.75 Å². The van der Waals surface area contributed by atoms with Crippen molar-refractivity contribution in [3.05, 3.63) is 30.1 Å². The molecule has 0 aliphatic heterocycles. The summed E-state index contributed by atoms with van der Waals surface area (Å²) in [5, 5.41) is 22.8. The first-order chi connectivity index (χ1) is 12.7. The van der Waals surface area contributed by atoms with Gasteiger partial charge in [0.25, 0.3) is 0 Å². The molecule has 0 spiro atoms. The summed E-state index contributed by atoms with van der Waals surface area (Å²) in [6.45, 7) is 3.82. The van der Waals surface area contributed by atoms with E-state index in [1.54, 1.807) is 6.92 Å². The van der Waals surface area contributed by atoms with Crippen molar-refractivity contribution < 1.29 is 32.5 Å². The van der Waals surface area contributed by atoms with Gasteiger partial charge in [0.15, 0.2) is 5.82 Å². The van der Waals surface area contributed by atoms with E-state index in [0.29, 0.717) is 38.0 Å². The van der Waals surface area contributed by atoms with Gasteiger partial charge in [0.1, 0.15) is 12.4 Å². The molecular formula is C15H18F3N5O4. The van der Waals surface area contributed by atoms with Crippen LogP contribution in [0.3, 0.4) is 0 Å². The minimum atomic E-state index is -5.08. The van der Waals surface area contributed by atoms with Gasteiger partial charge in [0, 0.05) is 12.1 Å². The number of carboxylic acids is 1. The van der Waals surface area contributed by atoms with E-state index in [9.17, 15) is 13.2 Å². The molecule has 2 rings (SSSR count). The molecule has 148 valence electrons. The molecular weight excluding hydrogens is 371 g/mol. The number of ether oxygens (including phenoxy) is 2. The first kappa shape index (κ1) is 22.2. The van der Waals surface area contributed by atoms with Gasteiger partial charge in [-0.25, -0.2) is 4.79 Å². The zero-order valence-corrected chi connectivity index (χ0v) is 14.3. The maximum atomic E-state index is 10.6. The highest BCUT2D eigenvalue weighted by Crippen LogP contribution is 2.18. The van der Waals surface area contributed by atoms with Crippen LogP contribution in [0.2, 0.25) is 0 Å². The average molecular weight is 389 g/mol. The summed E-state index contributed by atoms with van der Waals surface area (Å²) in [7, 11) is 0. The van der Waals surface area contributed by atoms with Crippen molar-refractivity contribution in [3.63, 3.8) is 0 Å². The highest BCUT2D eigenvalue weighted by atomic mass is 19.4. The van der Waals surface area contributed by atoms with Crippen LogP contribution in [0.25, 0.3) is 11.4 Å². The van der Waals surface area contributed by atoms with Gasteiger partial charge in [-0.2, -0.15) is 13.2 Å². The number of rotatable bonds is 7. The first-order valence-electron chi connectivity index (χ1n) is 7.59. The summed E-state index contributed by atoms with van der Waals surface area (Å²) < 4.78 is 42.5. The maximum absolute atomic E-state index is 10.6. The third kappa shape index (κ3) is 8.87. The third-order valence-electron chi connectivity index (χ3n) is 2.69. The van der Waals surface area contributed by atoms with Crippen molar-refractivity contribution in [2.45, 2.75) is 13.1 Å². The molecule has 12 heteroatoms. The van der Waals surface area contributed by atoms with Crippen molar-refractivity contribution in [2.75, 3.05) is 26.4 Å². The SMILES string of the molecule is Cc1nnc(-c2ccc(OCCOCCN)cc2)nn1.O=C(O)C(F)(F)F. The Morgan fingerprint density at radius 1 is 1.07 bits per heavy atom. The zero-order chi connectivity index (χ0) is 20.3. The van der Waals surface area contributed by atoms with E-state index in [-0.39, 0.29) is 0 Å². The molecule has 1 aromatic carbocycles. The molecule has 0 atom stereocenters. The van der Waals surface area contributed by atoms with Crippen molar-refractivity contribution in [2.24, 2.45) is 5.73 Å². The smallest absolute Gasteiger partial charge is 0.490 e. The molecule has 0 aliphatic carbocycles. The van der Waals surface area contributed by atoms with E-state index in [4.69, 9.17) is 25.1 Å². The molecule has 0 radical (unpaired) electrons. The molecule has 1 heterocycles. The fraction of sp³-hybridized carbons (Fsp3) is 0.400. The van der Waals surface area contributed by atoms with Crippen LogP contribution in [0.1, 0.15) is 5.82 Å². The van der Waals surface area contributed by atoms with Crippen LogP contribution in [0, 0.1) is 6.92 Å². The van der Waals surface area contributed by atoms with Gasteiger partial charge < -0.3 is 20.3 Å². The molecule has 0 saturated heterocycles. The molecule has 1 aromatic heterocycles. The molecule has 9 nitrogen and oxygen atoms in total. The van der Waals surface area contributed by atoms with Crippen LogP contribution in [-0.2, 0) is 9.53 Å². The second-order valence-electron chi connectivity index (χ2n) is 4.85. The van der Waals surface area contributed by atoms with E-state index in [1.165, 1.54) is 0 Å². The number of aromatic nitrogens is 4. The normalized spacial score (nSPS) is 10.7. The standard InChI is InChI=1S/C13H17N5O2.C2HF3O2/c1-10-15-17-13(18-16-10)11-2-4-12(5-3-11)20-9-8-19-7-6-14;3-2(4,5)1(6)7/h2-5H,6-9,14H2,1H3;(H,6,7). The molecule has 3 N–H and O–H groups in total. The predicted octanol–water partition coefficient (Wildman–Crippen LogP) is 1.23. The Morgan fingerprint density at radius 3 is 2.11 bits per heavy atom. The van der Waals surface area contributed by atoms with Crippen molar-refractivity contribution in [1.29, 1.82) is 0 Å². The number of hydrogen-bond donors (Lipinski definition) is 2. The number of aliphatic carboxylic acids is 1. The molecule has 0 fully saturated rings. The first-order valence-corrected chi connectivity index (χ1v) is 7.59. The summed E-state index contributed by atoms with van der Waals surface area (Å²) in [4.78, 5) is 8.90. The Labute approximate surface area is 152 Å². The Bertz CT molecular complexity index is 696. The lowest BCUT2D eigenvalue weighted by molar-refractivity contribution is -0.192. The molecule has 0 unspecified atom stereocenters. The lowest BCUT2D eigenvalue weighted by atomic mass is 10.2. The minimum Gasteiger partial charge on any atom is -0.491 e. The third-order valence-corrected chi connectivity index (χ3v) is 2.69. The van der Waals surface area contributed by atoms with E-state index in [2.05, 4.69) is 20.4 Å². The highest BCUT2D eigenvalue weighted by Gasteiger charge is 2.38. The summed E-state index contributed by atoms with van der Waals surface area (Å²) in [6, 6.07) is 7.43. The number of carboxylic acid groups (broad SMARTS) is 1. The average Bonchev–Trinajstić information content (AvgIpc) is 2.62. The maximum Gasteiger partial charge on any atom is 0.490 e. The Balaban J connectivity index is 0.000000445. The Morgan fingerprint density at radius 2 is 1.63 bits per heavy atom. The van der Waals surface area contributed by atoms with Crippen LogP contribution in [-0.4, -0.2) is 64.0 Å². The van der Waals surface area contributed by atoms with Crippen LogP contribution < -0.4 is 10.5 Å². The van der Waals surface area contributed by atoms with Gasteiger partial charge in [-0.1, -0.05) is 0 Å². The van der Waals surface area contributed by atoms with Crippen LogP contribution in [0.15, 0.2) is 24.3 Å². The summed E-state index contributed by atoms with van der Waals surface area (Å²) in [5.74, 6) is -0.953. The lowest BCUT2D eigenvalue weighted by Gasteiger charge is -2.07. The van der Waals surface area contributed by atoms with E-state index < -0.39 is 12.1 Å². The number of nitrogens with two attached hydrogens (primary N) is 1. The fourth-order valence-corrected chi connectivity index (χ4v) is 1.50. The van der Waals surface area contributed by atoms with Gasteiger partial charge >= 0.3 is 12.1 Å². The Kier molecular flexibility index (Phi) is 9.02. The van der Waals surface area contributed by atoms with Crippen LogP contribution >= 0.6 is 0 Å². The predicted molar refractivity (Wildman–Crippen MR) is 86.9 cm³/mol. The van der Waals surface area contributed by atoms with Crippen molar-refractivity contribution >= 4 is 5.97 Å². The quantitative estimate of drug-likeness (QED) is 0.671. The van der Waals surface area contributed by atoms with Gasteiger partial charge in [0.05, 0.1) is 13.2 Å². The fourth-order valence-electron chi connectivity index (χ4n) is 1.50. The van der Waals surface area contributed by atoms with Gasteiger partial charge in [-0.3, -0.25) is 0 Å². The summed E-state index contributed by atoms with van der Waals surface area (Å²) in [6.07, 6.45) is -5.08. The molecule has 0 aliphatic rings. The summed E-state index contributed by atoms with van der Waals surface area (Å²) >= 11 is 0. The second kappa shape index (κ2) is 11.0.